The van der Waals surface area contributed by atoms with Crippen LogP contribution in [0.1, 0.15) is 53.3 Å². The molecule has 0 spiro atoms. The van der Waals surface area contributed by atoms with E-state index in [1.807, 2.05) is 4.57 Å². The van der Waals surface area contributed by atoms with Gasteiger partial charge in [-0.25, -0.2) is 0 Å². The zero-order valence-electron chi connectivity index (χ0n) is 12.4. The molecule has 114 valence electrons. The van der Waals surface area contributed by atoms with Crippen LogP contribution in [0.2, 0.25) is 0 Å². The van der Waals surface area contributed by atoms with Gasteiger partial charge in [-0.2, -0.15) is 0 Å². The van der Waals surface area contributed by atoms with Gasteiger partial charge >= 0.3 is 0 Å². The number of aryl methyl sites for hydroxylation is 1. The highest BCUT2D eigenvalue weighted by Crippen LogP contribution is 2.34. The van der Waals surface area contributed by atoms with E-state index in [9.17, 15) is 9.59 Å². The fraction of sp³-hybridized carbons (Fsp3) is 0.625. The van der Waals surface area contributed by atoms with Gasteiger partial charge < -0.3 is 9.47 Å². The van der Waals surface area contributed by atoms with Gasteiger partial charge in [-0.1, -0.05) is 0 Å². The van der Waals surface area contributed by atoms with Crippen molar-refractivity contribution in [3.8, 4) is 0 Å². The van der Waals surface area contributed by atoms with Crippen molar-refractivity contribution < 1.29 is 9.59 Å². The SMILES string of the molecule is CN1CCC(c2cc3n(c2C(=O)C(=O)Cl)CCCC3)CC1. The Bertz CT molecular complexity index is 571. The van der Waals surface area contributed by atoms with Crippen LogP contribution in [-0.4, -0.2) is 40.6 Å². The second-order valence-corrected chi connectivity index (χ2v) is 6.57. The van der Waals surface area contributed by atoms with Crippen molar-refractivity contribution in [2.24, 2.45) is 0 Å². The lowest BCUT2D eigenvalue weighted by atomic mass is 9.88. The smallest absolute Gasteiger partial charge is 0.294 e. The molecule has 21 heavy (non-hydrogen) atoms. The Kier molecular flexibility index (Phi) is 4.18. The fourth-order valence-electron chi connectivity index (χ4n) is 3.64. The van der Waals surface area contributed by atoms with Crippen molar-refractivity contribution in [3.63, 3.8) is 0 Å². The van der Waals surface area contributed by atoms with Crippen LogP contribution in [0, 0.1) is 0 Å². The summed E-state index contributed by atoms with van der Waals surface area (Å²) in [6, 6.07) is 2.15. The Morgan fingerprint density at radius 1 is 1.19 bits per heavy atom. The molecule has 0 bridgehead atoms. The number of piperidine rings is 1. The van der Waals surface area contributed by atoms with E-state index in [1.54, 1.807) is 0 Å². The molecular weight excluding hydrogens is 288 g/mol. The number of hydrogen-bond donors (Lipinski definition) is 0. The van der Waals surface area contributed by atoms with Gasteiger partial charge in [0.2, 0.25) is 0 Å². The summed E-state index contributed by atoms with van der Waals surface area (Å²) >= 11 is 5.49. The van der Waals surface area contributed by atoms with Gasteiger partial charge in [-0.05, 0) is 81.4 Å². The number of nitrogens with zero attached hydrogens (tertiary/aromatic N) is 2. The maximum atomic E-state index is 12.3. The van der Waals surface area contributed by atoms with E-state index in [0.717, 1.165) is 57.3 Å². The molecule has 1 aromatic heterocycles. The number of carbonyl (C=O) groups is 2. The van der Waals surface area contributed by atoms with Crippen LogP contribution in [0.25, 0.3) is 0 Å². The van der Waals surface area contributed by atoms with Gasteiger partial charge in [0.1, 0.15) is 0 Å². The average Bonchev–Trinajstić information content (AvgIpc) is 2.86. The molecule has 1 aromatic rings. The molecule has 1 saturated heterocycles. The fourth-order valence-corrected chi connectivity index (χ4v) is 3.73. The first-order chi connectivity index (χ1) is 10.1. The topological polar surface area (TPSA) is 42.3 Å². The third-order valence-electron chi connectivity index (χ3n) is 4.83. The van der Waals surface area contributed by atoms with Crippen molar-refractivity contribution in [2.75, 3.05) is 20.1 Å². The van der Waals surface area contributed by atoms with Gasteiger partial charge in [0.25, 0.3) is 11.0 Å². The molecule has 0 N–H and O–H groups in total. The predicted molar refractivity (Wildman–Crippen MR) is 82.0 cm³/mol. The van der Waals surface area contributed by atoms with E-state index in [1.165, 1.54) is 5.69 Å². The van der Waals surface area contributed by atoms with Crippen molar-refractivity contribution in [3.05, 3.63) is 23.0 Å². The van der Waals surface area contributed by atoms with E-state index >= 15 is 0 Å². The number of aromatic nitrogens is 1. The summed E-state index contributed by atoms with van der Waals surface area (Å²) in [5.41, 5.74) is 2.81. The molecule has 0 aromatic carbocycles. The number of fused-ring (bicyclic) bond motifs is 1. The molecule has 5 heteroatoms. The molecule has 0 aliphatic carbocycles. The summed E-state index contributed by atoms with van der Waals surface area (Å²) in [5.74, 6) is -0.159. The first-order valence-corrected chi connectivity index (χ1v) is 8.10. The van der Waals surface area contributed by atoms with Crippen LogP contribution in [0.4, 0.5) is 0 Å². The lowest BCUT2D eigenvalue weighted by molar-refractivity contribution is -0.108. The highest BCUT2D eigenvalue weighted by Gasteiger charge is 2.31. The number of hydrogen-bond acceptors (Lipinski definition) is 3. The number of likely N-dealkylation sites (tertiary alicyclic amines) is 1. The lowest BCUT2D eigenvalue weighted by Crippen LogP contribution is -2.30. The summed E-state index contributed by atoms with van der Waals surface area (Å²) in [6.07, 6.45) is 5.28. The molecule has 3 heterocycles. The summed E-state index contributed by atoms with van der Waals surface area (Å²) in [4.78, 5) is 26.0. The first kappa shape index (κ1) is 14.8. The maximum absolute atomic E-state index is 12.3. The molecule has 0 amide bonds. The zero-order valence-corrected chi connectivity index (χ0v) is 13.2. The van der Waals surface area contributed by atoms with Crippen molar-refractivity contribution in [1.29, 1.82) is 0 Å². The predicted octanol–water partition coefficient (Wildman–Crippen LogP) is 2.58. The number of rotatable bonds is 3. The Balaban J connectivity index is 2.00. The Morgan fingerprint density at radius 3 is 2.57 bits per heavy atom. The summed E-state index contributed by atoms with van der Waals surface area (Å²) in [6.45, 7) is 2.90. The number of halogens is 1. The minimum absolute atomic E-state index is 0.370. The van der Waals surface area contributed by atoms with E-state index in [0.29, 0.717) is 11.6 Å². The quantitative estimate of drug-likeness (QED) is 0.490. The molecule has 0 radical (unpaired) electrons. The third kappa shape index (κ3) is 2.79. The first-order valence-electron chi connectivity index (χ1n) is 7.73. The van der Waals surface area contributed by atoms with Crippen molar-refractivity contribution in [1.82, 2.24) is 9.47 Å². The Hall–Kier alpha value is -1.13. The van der Waals surface area contributed by atoms with Crippen LogP contribution < -0.4 is 0 Å². The highest BCUT2D eigenvalue weighted by molar-refractivity contribution is 6.83. The van der Waals surface area contributed by atoms with Gasteiger partial charge in [0.05, 0.1) is 5.69 Å². The number of carbonyl (C=O) groups excluding carboxylic acids is 2. The van der Waals surface area contributed by atoms with E-state index < -0.39 is 11.0 Å². The summed E-state index contributed by atoms with van der Waals surface area (Å²) in [5, 5.41) is -0.865. The molecule has 1 fully saturated rings. The van der Waals surface area contributed by atoms with E-state index in [4.69, 9.17) is 11.6 Å². The van der Waals surface area contributed by atoms with Crippen LogP contribution >= 0.6 is 11.6 Å². The summed E-state index contributed by atoms with van der Waals surface area (Å²) < 4.78 is 2.04. The Labute approximate surface area is 130 Å². The molecule has 3 rings (SSSR count). The molecule has 2 aliphatic rings. The molecule has 0 atom stereocenters. The minimum atomic E-state index is -0.865. The van der Waals surface area contributed by atoms with Crippen molar-refractivity contribution >= 4 is 22.6 Å². The monoisotopic (exact) mass is 308 g/mol. The van der Waals surface area contributed by atoms with Crippen LogP contribution in [-0.2, 0) is 17.8 Å². The van der Waals surface area contributed by atoms with Crippen LogP contribution in [0.15, 0.2) is 6.07 Å². The number of ketones is 1. The third-order valence-corrected chi connectivity index (χ3v) is 5.00. The summed E-state index contributed by atoms with van der Waals surface area (Å²) in [7, 11) is 2.12. The molecule has 2 aliphatic heterocycles. The average molecular weight is 309 g/mol. The second-order valence-electron chi connectivity index (χ2n) is 6.23. The molecular formula is C16H21ClN2O2. The molecule has 0 unspecified atom stereocenters. The van der Waals surface area contributed by atoms with Crippen molar-refractivity contribution in [2.45, 2.75) is 44.6 Å². The lowest BCUT2D eigenvalue weighted by Gasteiger charge is -2.29. The van der Waals surface area contributed by atoms with E-state index in [-0.39, 0.29) is 0 Å². The van der Waals surface area contributed by atoms with Crippen LogP contribution in [0.3, 0.4) is 0 Å². The van der Waals surface area contributed by atoms with E-state index in [2.05, 4.69) is 18.0 Å². The standard InChI is InChI=1S/C16H21ClN2O2/c1-18-8-5-11(6-9-18)13-10-12-4-2-3-7-19(12)14(13)15(20)16(17)21/h10-11H,2-9H2,1H3. The number of Topliss-reactive ketones (excluding diaryl/α,β-unsaturated/α-hetero) is 1. The van der Waals surface area contributed by atoms with Gasteiger partial charge in [-0.15, -0.1) is 0 Å². The van der Waals surface area contributed by atoms with Crippen LogP contribution in [0.5, 0.6) is 0 Å². The second kappa shape index (κ2) is 5.93. The maximum Gasteiger partial charge on any atom is 0.294 e. The Morgan fingerprint density at radius 2 is 1.90 bits per heavy atom. The van der Waals surface area contributed by atoms with Gasteiger partial charge in [0.15, 0.2) is 0 Å². The normalized spacial score (nSPS) is 20.3. The molecule has 0 saturated carbocycles. The zero-order chi connectivity index (χ0) is 15.0. The van der Waals surface area contributed by atoms with Gasteiger partial charge in [0, 0.05) is 12.2 Å². The van der Waals surface area contributed by atoms with Gasteiger partial charge in [-0.3, -0.25) is 9.59 Å². The minimum Gasteiger partial charge on any atom is -0.342 e. The highest BCUT2D eigenvalue weighted by atomic mass is 35.5. The molecule has 4 nitrogen and oxygen atoms in total. The largest absolute Gasteiger partial charge is 0.342 e.